The number of hydrogen-bond donors (Lipinski definition) is 1. The molecule has 1 aromatic carbocycles. The maximum Gasteiger partial charge on any atom is 0.257 e. The lowest BCUT2D eigenvalue weighted by Crippen LogP contribution is -2.46. The van der Waals surface area contributed by atoms with Gasteiger partial charge in [-0.05, 0) is 37.7 Å². The number of amides is 2. The van der Waals surface area contributed by atoms with Gasteiger partial charge in [0.05, 0.1) is 23.0 Å². The number of carbonyl (C=O) groups excluding carboxylic acids is 2. The average molecular weight is 498 g/mol. The third-order valence-corrected chi connectivity index (χ3v) is 8.00. The molecule has 2 aliphatic heterocycles. The topological polar surface area (TPSA) is 78.4 Å². The van der Waals surface area contributed by atoms with Crippen molar-refractivity contribution in [2.45, 2.75) is 45.1 Å². The van der Waals surface area contributed by atoms with Crippen molar-refractivity contribution in [3.8, 4) is 0 Å². The van der Waals surface area contributed by atoms with E-state index in [-0.39, 0.29) is 30.7 Å². The first-order valence-electron chi connectivity index (χ1n) is 12.7. The molecule has 0 spiro atoms. The molecule has 2 amide bonds. The van der Waals surface area contributed by atoms with Crippen LogP contribution in [0, 0.1) is 31.6 Å². The van der Waals surface area contributed by atoms with Crippen LogP contribution in [0.5, 0.6) is 0 Å². The van der Waals surface area contributed by atoms with Gasteiger partial charge in [0.2, 0.25) is 11.8 Å². The quantitative estimate of drug-likeness (QED) is 0.635. The molecule has 3 fully saturated rings. The number of nitrogens with zero attached hydrogens (tertiary/aromatic N) is 4. The minimum absolute atomic E-state index is 0.0139. The summed E-state index contributed by atoms with van der Waals surface area (Å²) >= 11 is 0. The van der Waals surface area contributed by atoms with Crippen LogP contribution in [0.15, 0.2) is 36.7 Å². The molecule has 36 heavy (non-hydrogen) atoms. The molecule has 3 atom stereocenters. The highest BCUT2D eigenvalue weighted by molar-refractivity contribution is 5.96. The Morgan fingerprint density at radius 3 is 2.22 bits per heavy atom. The Balaban J connectivity index is 1.16. The van der Waals surface area contributed by atoms with E-state index in [1.807, 2.05) is 49.1 Å². The highest BCUT2D eigenvalue weighted by atomic mass is 19.3. The minimum Gasteiger partial charge on any atom is -0.349 e. The Morgan fingerprint density at radius 1 is 1.03 bits per heavy atom. The van der Waals surface area contributed by atoms with E-state index in [4.69, 9.17) is 0 Å². The molecular formula is C27H33F2N5O2. The van der Waals surface area contributed by atoms with E-state index in [1.165, 1.54) is 6.33 Å². The van der Waals surface area contributed by atoms with Crippen LogP contribution in [0.3, 0.4) is 0 Å². The Morgan fingerprint density at radius 2 is 1.64 bits per heavy atom. The van der Waals surface area contributed by atoms with E-state index < -0.39 is 11.8 Å². The van der Waals surface area contributed by atoms with E-state index in [1.54, 1.807) is 0 Å². The molecule has 1 N–H and O–H groups in total. The van der Waals surface area contributed by atoms with Crippen molar-refractivity contribution in [3.63, 3.8) is 0 Å². The summed E-state index contributed by atoms with van der Waals surface area (Å²) in [6.07, 6.45) is 1.48. The number of nitrogens with one attached hydrogen (secondary N) is 1. The fourth-order valence-corrected chi connectivity index (χ4v) is 5.95. The summed E-state index contributed by atoms with van der Waals surface area (Å²) in [6.45, 7) is 7.75. The van der Waals surface area contributed by atoms with Crippen LogP contribution in [-0.4, -0.2) is 70.2 Å². The third kappa shape index (κ3) is 5.12. The highest BCUT2D eigenvalue weighted by Crippen LogP contribution is 2.42. The lowest BCUT2D eigenvalue weighted by Gasteiger charge is -2.35. The van der Waals surface area contributed by atoms with Gasteiger partial charge in [-0.2, -0.15) is 0 Å². The predicted octanol–water partition coefficient (Wildman–Crippen LogP) is 3.39. The number of halogens is 2. The Labute approximate surface area is 210 Å². The fourth-order valence-electron chi connectivity index (χ4n) is 5.95. The van der Waals surface area contributed by atoms with E-state index in [2.05, 4.69) is 20.2 Å². The van der Waals surface area contributed by atoms with Crippen molar-refractivity contribution in [1.29, 1.82) is 0 Å². The molecular weight excluding hydrogens is 464 g/mol. The summed E-state index contributed by atoms with van der Waals surface area (Å²) in [4.78, 5) is 38.5. The molecule has 0 bridgehead atoms. The molecule has 2 saturated heterocycles. The van der Waals surface area contributed by atoms with Crippen LogP contribution in [0.4, 0.5) is 8.78 Å². The number of alkyl halides is 2. The fraction of sp³-hybridized carbons (Fsp3) is 0.556. The van der Waals surface area contributed by atoms with Crippen LogP contribution >= 0.6 is 0 Å². The first-order chi connectivity index (χ1) is 17.2. The minimum atomic E-state index is -2.71. The van der Waals surface area contributed by atoms with Gasteiger partial charge in [0.1, 0.15) is 6.33 Å². The summed E-state index contributed by atoms with van der Waals surface area (Å²) in [5.74, 6) is -2.75. The maximum absolute atomic E-state index is 13.3. The third-order valence-electron chi connectivity index (χ3n) is 8.00. The molecule has 2 unspecified atom stereocenters. The Bertz CT molecular complexity index is 1090. The van der Waals surface area contributed by atoms with Crippen molar-refractivity contribution >= 4 is 11.8 Å². The van der Waals surface area contributed by atoms with Crippen LogP contribution in [0.2, 0.25) is 0 Å². The van der Waals surface area contributed by atoms with Crippen molar-refractivity contribution in [1.82, 2.24) is 25.1 Å². The zero-order valence-electron chi connectivity index (χ0n) is 20.8. The monoisotopic (exact) mass is 497 g/mol. The molecule has 3 aliphatic rings. The second-order valence-corrected chi connectivity index (χ2v) is 10.6. The van der Waals surface area contributed by atoms with Crippen LogP contribution in [0.25, 0.3) is 0 Å². The summed E-state index contributed by atoms with van der Waals surface area (Å²) < 4.78 is 26.5. The van der Waals surface area contributed by atoms with Crippen LogP contribution in [-0.2, 0) is 4.79 Å². The van der Waals surface area contributed by atoms with E-state index in [0.29, 0.717) is 35.2 Å². The average Bonchev–Trinajstić information content (AvgIpc) is 3.39. The van der Waals surface area contributed by atoms with Gasteiger partial charge in [0.25, 0.3) is 5.91 Å². The molecule has 1 aliphatic carbocycles. The largest absolute Gasteiger partial charge is 0.349 e. The van der Waals surface area contributed by atoms with E-state index in [9.17, 15) is 18.4 Å². The number of aryl methyl sites for hydroxylation is 2. The maximum atomic E-state index is 13.3. The molecule has 5 rings (SSSR count). The van der Waals surface area contributed by atoms with Gasteiger partial charge < -0.3 is 15.1 Å². The second kappa shape index (κ2) is 9.84. The first-order valence-corrected chi connectivity index (χ1v) is 12.7. The molecule has 1 saturated carbocycles. The Kier molecular flexibility index (Phi) is 6.76. The van der Waals surface area contributed by atoms with Gasteiger partial charge in [-0.1, -0.05) is 30.3 Å². The molecule has 3 heterocycles. The summed E-state index contributed by atoms with van der Waals surface area (Å²) in [5, 5.41) is 3.03. The summed E-state index contributed by atoms with van der Waals surface area (Å²) in [5.41, 5.74) is 3.03. The standard InChI is InChI=1S/C27H33F2N5O2/c1-17-24(18(2)31-16-30-17)26(36)34-14-21-12-33(13-22(21)15-34)9-8-23(19-6-4-3-5-7-19)32-25(35)20-10-27(28,29)11-20/h3-7,16,20-23H,8-15H2,1-2H3,(H,32,35)/t21?,22?,23-/m1/s1. The molecule has 2 aromatic rings. The van der Waals surface area contributed by atoms with Crippen LogP contribution in [0.1, 0.15) is 52.6 Å². The normalized spacial score (nSPS) is 24.3. The lowest BCUT2D eigenvalue weighted by atomic mass is 9.80. The van der Waals surface area contributed by atoms with Gasteiger partial charge in [0.15, 0.2) is 0 Å². The van der Waals surface area contributed by atoms with Crippen molar-refractivity contribution in [3.05, 3.63) is 59.2 Å². The van der Waals surface area contributed by atoms with Gasteiger partial charge in [-0.25, -0.2) is 18.7 Å². The molecule has 192 valence electrons. The SMILES string of the molecule is Cc1ncnc(C)c1C(=O)N1CC2CN(CC[C@@H](NC(=O)C3CC(F)(F)C3)c3ccccc3)CC2C1. The number of benzene rings is 1. The molecule has 9 heteroatoms. The van der Waals surface area contributed by atoms with Crippen molar-refractivity contribution < 1.29 is 18.4 Å². The number of carbonyl (C=O) groups is 2. The van der Waals surface area contributed by atoms with Gasteiger partial charge >= 0.3 is 0 Å². The van der Waals surface area contributed by atoms with Gasteiger partial charge in [0, 0.05) is 51.5 Å². The van der Waals surface area contributed by atoms with Crippen molar-refractivity contribution in [2.24, 2.45) is 17.8 Å². The number of rotatable bonds is 7. The highest BCUT2D eigenvalue weighted by Gasteiger charge is 2.49. The van der Waals surface area contributed by atoms with Gasteiger partial charge in [-0.15, -0.1) is 0 Å². The molecule has 7 nitrogen and oxygen atoms in total. The zero-order chi connectivity index (χ0) is 25.4. The number of likely N-dealkylation sites (tertiary alicyclic amines) is 2. The Hall–Kier alpha value is -2.94. The number of aromatic nitrogens is 2. The summed E-state index contributed by atoms with van der Waals surface area (Å²) in [7, 11) is 0. The van der Waals surface area contributed by atoms with E-state index >= 15 is 0 Å². The smallest absolute Gasteiger partial charge is 0.257 e. The van der Waals surface area contributed by atoms with E-state index in [0.717, 1.165) is 38.3 Å². The molecule has 0 radical (unpaired) electrons. The zero-order valence-corrected chi connectivity index (χ0v) is 20.8. The number of fused-ring (bicyclic) bond motifs is 1. The molecule has 1 aromatic heterocycles. The lowest BCUT2D eigenvalue weighted by molar-refractivity contribution is -0.150. The van der Waals surface area contributed by atoms with Crippen molar-refractivity contribution in [2.75, 3.05) is 32.7 Å². The summed E-state index contributed by atoms with van der Waals surface area (Å²) in [6, 6.07) is 9.52. The first kappa shape index (κ1) is 24.7. The van der Waals surface area contributed by atoms with Gasteiger partial charge in [-0.3, -0.25) is 9.59 Å². The van der Waals surface area contributed by atoms with Crippen LogP contribution < -0.4 is 5.32 Å². The predicted molar refractivity (Wildman–Crippen MR) is 130 cm³/mol. The second-order valence-electron chi connectivity index (χ2n) is 10.6. The number of hydrogen-bond acceptors (Lipinski definition) is 5.